The maximum Gasteiger partial charge on any atom is 0.0175 e. The van der Waals surface area contributed by atoms with Crippen molar-refractivity contribution in [1.29, 1.82) is 0 Å². The molecular formula is C19H30BrN. The van der Waals surface area contributed by atoms with Crippen molar-refractivity contribution in [2.24, 2.45) is 17.8 Å². The van der Waals surface area contributed by atoms with Crippen LogP contribution in [0.4, 0.5) is 0 Å². The number of nitrogens with one attached hydrogen (secondary N) is 1. The van der Waals surface area contributed by atoms with Crippen LogP contribution in [0.25, 0.3) is 0 Å². The molecule has 118 valence electrons. The third-order valence-electron chi connectivity index (χ3n) is 4.69. The Hall–Kier alpha value is -0.340. The second kappa shape index (κ2) is 8.95. The molecule has 0 spiro atoms. The SMILES string of the molecule is CC(C)CNCC1CCCCCC1Cc1ccc(Br)cc1. The van der Waals surface area contributed by atoms with E-state index < -0.39 is 0 Å². The highest BCUT2D eigenvalue weighted by Gasteiger charge is 2.23. The van der Waals surface area contributed by atoms with Gasteiger partial charge in [0, 0.05) is 4.47 Å². The van der Waals surface area contributed by atoms with Gasteiger partial charge in [0.25, 0.3) is 0 Å². The van der Waals surface area contributed by atoms with Gasteiger partial charge < -0.3 is 5.32 Å². The minimum atomic E-state index is 0.751. The van der Waals surface area contributed by atoms with Crippen LogP contribution in [0.5, 0.6) is 0 Å². The van der Waals surface area contributed by atoms with Gasteiger partial charge >= 0.3 is 0 Å². The summed E-state index contributed by atoms with van der Waals surface area (Å²) in [5, 5.41) is 3.70. The molecule has 0 aliphatic heterocycles. The van der Waals surface area contributed by atoms with Gasteiger partial charge in [0.15, 0.2) is 0 Å². The fourth-order valence-corrected chi connectivity index (χ4v) is 3.74. The molecule has 0 aromatic heterocycles. The summed E-state index contributed by atoms with van der Waals surface area (Å²) in [7, 11) is 0. The summed E-state index contributed by atoms with van der Waals surface area (Å²) in [6, 6.07) is 8.93. The molecule has 1 fully saturated rings. The van der Waals surface area contributed by atoms with Crippen LogP contribution >= 0.6 is 15.9 Å². The van der Waals surface area contributed by atoms with E-state index in [2.05, 4.69) is 59.4 Å². The van der Waals surface area contributed by atoms with E-state index in [0.717, 1.165) is 24.3 Å². The zero-order valence-electron chi connectivity index (χ0n) is 13.6. The predicted octanol–water partition coefficient (Wildman–Crippen LogP) is 5.43. The summed E-state index contributed by atoms with van der Waals surface area (Å²) in [4.78, 5) is 0. The molecule has 1 saturated carbocycles. The van der Waals surface area contributed by atoms with Crippen LogP contribution in [0.15, 0.2) is 28.7 Å². The monoisotopic (exact) mass is 351 g/mol. The minimum absolute atomic E-state index is 0.751. The summed E-state index contributed by atoms with van der Waals surface area (Å²) in [6.07, 6.45) is 8.34. The van der Waals surface area contributed by atoms with E-state index >= 15 is 0 Å². The summed E-state index contributed by atoms with van der Waals surface area (Å²) < 4.78 is 1.18. The van der Waals surface area contributed by atoms with E-state index in [1.165, 1.54) is 55.1 Å². The zero-order valence-corrected chi connectivity index (χ0v) is 15.2. The van der Waals surface area contributed by atoms with Gasteiger partial charge in [-0.3, -0.25) is 0 Å². The van der Waals surface area contributed by atoms with Crippen LogP contribution in [-0.4, -0.2) is 13.1 Å². The molecule has 1 aromatic carbocycles. The highest BCUT2D eigenvalue weighted by atomic mass is 79.9. The zero-order chi connectivity index (χ0) is 15.1. The van der Waals surface area contributed by atoms with Crippen molar-refractivity contribution in [2.75, 3.05) is 13.1 Å². The van der Waals surface area contributed by atoms with Crippen LogP contribution in [0, 0.1) is 17.8 Å². The van der Waals surface area contributed by atoms with Gasteiger partial charge in [0.05, 0.1) is 0 Å². The lowest BCUT2D eigenvalue weighted by Crippen LogP contribution is -2.31. The first kappa shape index (κ1) is 17.0. The molecule has 1 aromatic rings. The van der Waals surface area contributed by atoms with Crippen molar-refractivity contribution in [1.82, 2.24) is 5.32 Å². The van der Waals surface area contributed by atoms with Crippen LogP contribution in [0.2, 0.25) is 0 Å². The summed E-state index contributed by atoms with van der Waals surface area (Å²) >= 11 is 3.53. The standard InChI is InChI=1S/C19H30BrN/c1-15(2)13-21-14-18-7-5-3-4-6-17(18)12-16-8-10-19(20)11-9-16/h8-11,15,17-18,21H,3-7,12-14H2,1-2H3. The van der Waals surface area contributed by atoms with Crippen molar-refractivity contribution in [3.8, 4) is 0 Å². The van der Waals surface area contributed by atoms with E-state index in [1.807, 2.05) is 0 Å². The van der Waals surface area contributed by atoms with E-state index in [0.29, 0.717) is 0 Å². The van der Waals surface area contributed by atoms with Crippen LogP contribution in [-0.2, 0) is 6.42 Å². The van der Waals surface area contributed by atoms with E-state index in [1.54, 1.807) is 0 Å². The van der Waals surface area contributed by atoms with Gasteiger partial charge in [-0.05, 0) is 67.8 Å². The maximum absolute atomic E-state index is 3.70. The number of rotatable bonds is 6. The topological polar surface area (TPSA) is 12.0 Å². The molecule has 0 saturated heterocycles. The number of halogens is 1. The Labute approximate surface area is 139 Å². The Bertz CT molecular complexity index is 399. The first-order chi connectivity index (χ1) is 10.1. The lowest BCUT2D eigenvalue weighted by molar-refractivity contribution is 0.294. The minimum Gasteiger partial charge on any atom is -0.316 e. The summed E-state index contributed by atoms with van der Waals surface area (Å²) in [5.41, 5.74) is 1.50. The molecule has 2 heteroatoms. The molecule has 1 aliphatic carbocycles. The molecule has 1 nitrogen and oxygen atoms in total. The molecular weight excluding hydrogens is 322 g/mol. The lowest BCUT2D eigenvalue weighted by atomic mass is 9.83. The molecule has 0 bridgehead atoms. The average molecular weight is 352 g/mol. The van der Waals surface area contributed by atoms with Gasteiger partial charge in [0.1, 0.15) is 0 Å². The third kappa shape index (κ3) is 6.12. The van der Waals surface area contributed by atoms with E-state index in [4.69, 9.17) is 0 Å². The molecule has 1 N–H and O–H groups in total. The lowest BCUT2D eigenvalue weighted by Gasteiger charge is -2.26. The van der Waals surface area contributed by atoms with Crippen molar-refractivity contribution in [3.63, 3.8) is 0 Å². The molecule has 1 aliphatic rings. The smallest absolute Gasteiger partial charge is 0.0175 e. The number of hydrogen-bond donors (Lipinski definition) is 1. The molecule has 2 unspecified atom stereocenters. The average Bonchev–Trinajstić information content (AvgIpc) is 2.67. The third-order valence-corrected chi connectivity index (χ3v) is 5.22. The van der Waals surface area contributed by atoms with Crippen molar-refractivity contribution in [2.45, 2.75) is 52.4 Å². The molecule has 0 radical (unpaired) electrons. The Morgan fingerprint density at radius 2 is 1.71 bits per heavy atom. The highest BCUT2D eigenvalue weighted by molar-refractivity contribution is 9.10. The molecule has 0 heterocycles. The van der Waals surface area contributed by atoms with Gasteiger partial charge in [0.2, 0.25) is 0 Å². The van der Waals surface area contributed by atoms with Gasteiger partial charge in [-0.15, -0.1) is 0 Å². The van der Waals surface area contributed by atoms with Crippen LogP contribution in [0.1, 0.15) is 51.5 Å². The fourth-order valence-electron chi connectivity index (χ4n) is 3.48. The molecule has 0 amide bonds. The summed E-state index contributed by atoms with van der Waals surface area (Å²) in [5.74, 6) is 2.46. The Kier molecular flexibility index (Phi) is 7.25. The first-order valence-electron chi connectivity index (χ1n) is 8.60. The highest BCUT2D eigenvalue weighted by Crippen LogP contribution is 2.31. The van der Waals surface area contributed by atoms with Gasteiger partial charge in [-0.25, -0.2) is 0 Å². The van der Waals surface area contributed by atoms with E-state index in [9.17, 15) is 0 Å². The predicted molar refractivity (Wildman–Crippen MR) is 95.6 cm³/mol. The van der Waals surface area contributed by atoms with Crippen LogP contribution in [0.3, 0.4) is 0 Å². The van der Waals surface area contributed by atoms with Gasteiger partial charge in [-0.1, -0.05) is 61.2 Å². The fraction of sp³-hybridized carbons (Fsp3) is 0.684. The quantitative estimate of drug-likeness (QED) is 0.673. The largest absolute Gasteiger partial charge is 0.316 e. The van der Waals surface area contributed by atoms with Crippen molar-refractivity contribution in [3.05, 3.63) is 34.3 Å². The molecule has 2 rings (SSSR count). The second-order valence-corrected chi connectivity index (χ2v) is 7.96. The number of benzene rings is 1. The van der Waals surface area contributed by atoms with Crippen LogP contribution < -0.4 is 5.32 Å². The van der Waals surface area contributed by atoms with Crippen molar-refractivity contribution >= 4 is 15.9 Å². The first-order valence-corrected chi connectivity index (χ1v) is 9.39. The Morgan fingerprint density at radius 3 is 2.38 bits per heavy atom. The Balaban J connectivity index is 1.93. The van der Waals surface area contributed by atoms with E-state index in [-0.39, 0.29) is 0 Å². The molecule has 21 heavy (non-hydrogen) atoms. The normalized spacial score (nSPS) is 23.2. The molecule has 2 atom stereocenters. The second-order valence-electron chi connectivity index (χ2n) is 7.04. The van der Waals surface area contributed by atoms with Gasteiger partial charge in [-0.2, -0.15) is 0 Å². The summed E-state index contributed by atoms with van der Waals surface area (Å²) in [6.45, 7) is 6.94. The number of hydrogen-bond acceptors (Lipinski definition) is 1. The Morgan fingerprint density at radius 1 is 1.05 bits per heavy atom. The maximum atomic E-state index is 3.70. The van der Waals surface area contributed by atoms with Crippen molar-refractivity contribution < 1.29 is 0 Å².